The van der Waals surface area contributed by atoms with Crippen molar-refractivity contribution in [3.8, 4) is 22.9 Å². The van der Waals surface area contributed by atoms with Crippen LogP contribution in [0.1, 0.15) is 60.2 Å². The van der Waals surface area contributed by atoms with Crippen molar-refractivity contribution in [3.05, 3.63) is 96.1 Å². The molecule has 0 spiro atoms. The minimum Gasteiger partial charge on any atom is -0.497 e. The quantitative estimate of drug-likeness (QED) is 0.197. The van der Waals surface area contributed by atoms with Gasteiger partial charge >= 0.3 is 5.97 Å². The number of carbonyl (C=O) groups is 2. The van der Waals surface area contributed by atoms with Crippen LogP contribution in [0.25, 0.3) is 33.4 Å². The van der Waals surface area contributed by atoms with Gasteiger partial charge in [0, 0.05) is 18.7 Å². The first-order chi connectivity index (χ1) is 25.7. The zero-order valence-corrected chi connectivity index (χ0v) is 30.6. The Morgan fingerprint density at radius 2 is 1.11 bits per heavy atom. The lowest BCUT2D eigenvalue weighted by molar-refractivity contribution is 0.0688. The van der Waals surface area contributed by atoms with Gasteiger partial charge in [0.2, 0.25) is 0 Å². The monoisotopic (exact) mass is 718 g/mol. The second-order valence-electron chi connectivity index (χ2n) is 13.5. The molecule has 2 aliphatic rings. The van der Waals surface area contributed by atoms with E-state index in [0.717, 1.165) is 71.3 Å². The average molecular weight is 719 g/mol. The topological polar surface area (TPSA) is 150 Å². The molecule has 2 saturated heterocycles. The molecule has 2 fully saturated rings. The number of ether oxygens (including phenoxy) is 2. The fourth-order valence-corrected chi connectivity index (χ4v) is 6.30. The summed E-state index contributed by atoms with van der Waals surface area (Å²) < 4.78 is 13.7. The molecule has 0 atom stereocenters. The van der Waals surface area contributed by atoms with Crippen LogP contribution in [-0.4, -0.2) is 92.3 Å². The van der Waals surface area contributed by atoms with Crippen LogP contribution in [0.2, 0.25) is 0 Å². The van der Waals surface area contributed by atoms with Crippen molar-refractivity contribution in [2.24, 2.45) is 11.8 Å². The molecule has 4 aromatic carbocycles. The number of hydrogen-bond acceptors (Lipinski definition) is 9. The number of piperidine rings is 2. The summed E-state index contributed by atoms with van der Waals surface area (Å²) in [5, 5.41) is 28.8. The number of hydrogen-bond donors (Lipinski definition) is 2. The first-order valence-corrected chi connectivity index (χ1v) is 18.0. The van der Waals surface area contributed by atoms with Crippen LogP contribution in [0.5, 0.6) is 11.5 Å². The third-order valence-corrected chi connectivity index (χ3v) is 9.72. The molecule has 0 radical (unpaired) electrons. The lowest BCUT2D eigenvalue weighted by Gasteiger charge is -2.30. The average Bonchev–Trinajstić information content (AvgIpc) is 3.83. The van der Waals surface area contributed by atoms with Gasteiger partial charge in [0.25, 0.3) is 5.91 Å². The molecule has 2 aromatic heterocycles. The SMILES string of the molecule is CC1CCNCC1.COc1ccc(-n2nnc3cc(C(=O)N4CCC(C)CC4)ccc32)cc1.COc1ccc(-n2nnc3cc(C(=O)O)ccc32)cc1. The highest BCUT2D eigenvalue weighted by molar-refractivity contribution is 5.97. The van der Waals surface area contributed by atoms with Gasteiger partial charge in [-0.3, -0.25) is 4.79 Å². The molecule has 13 heteroatoms. The van der Waals surface area contributed by atoms with E-state index in [1.165, 1.54) is 38.1 Å². The number of likely N-dealkylation sites (tertiary alicyclic amines) is 1. The van der Waals surface area contributed by atoms with Crippen molar-refractivity contribution in [1.29, 1.82) is 0 Å². The maximum atomic E-state index is 12.8. The smallest absolute Gasteiger partial charge is 0.335 e. The molecule has 2 N–H and O–H groups in total. The van der Waals surface area contributed by atoms with Crippen LogP contribution in [-0.2, 0) is 0 Å². The molecule has 0 saturated carbocycles. The Morgan fingerprint density at radius 3 is 1.55 bits per heavy atom. The van der Waals surface area contributed by atoms with E-state index in [1.54, 1.807) is 29.6 Å². The van der Waals surface area contributed by atoms with E-state index in [9.17, 15) is 9.59 Å². The lowest BCUT2D eigenvalue weighted by Crippen LogP contribution is -2.37. The highest BCUT2D eigenvalue weighted by Crippen LogP contribution is 2.23. The van der Waals surface area contributed by atoms with Gasteiger partial charge in [0.05, 0.1) is 42.2 Å². The maximum Gasteiger partial charge on any atom is 0.335 e. The first kappa shape index (κ1) is 37.0. The number of carboxylic acids is 1. The van der Waals surface area contributed by atoms with Crippen LogP contribution in [0.15, 0.2) is 84.9 Å². The van der Waals surface area contributed by atoms with Gasteiger partial charge in [-0.05, 0) is 136 Å². The Balaban J connectivity index is 0.000000157. The van der Waals surface area contributed by atoms with Crippen molar-refractivity contribution < 1.29 is 24.2 Å². The number of nitrogens with zero attached hydrogens (tertiary/aromatic N) is 7. The van der Waals surface area contributed by atoms with Crippen LogP contribution in [0, 0.1) is 11.8 Å². The molecule has 1 amide bonds. The van der Waals surface area contributed by atoms with E-state index in [2.05, 4.69) is 39.8 Å². The zero-order chi connectivity index (χ0) is 37.3. The minimum atomic E-state index is -0.981. The largest absolute Gasteiger partial charge is 0.497 e. The molecule has 6 aromatic rings. The normalized spacial score (nSPS) is 14.9. The van der Waals surface area contributed by atoms with Crippen LogP contribution in [0.3, 0.4) is 0 Å². The van der Waals surface area contributed by atoms with Crippen molar-refractivity contribution in [1.82, 2.24) is 40.2 Å². The van der Waals surface area contributed by atoms with Gasteiger partial charge < -0.3 is 24.8 Å². The van der Waals surface area contributed by atoms with Crippen LogP contribution in [0.4, 0.5) is 0 Å². The molecule has 8 rings (SSSR count). The summed E-state index contributed by atoms with van der Waals surface area (Å²) in [6.45, 7) is 8.70. The van der Waals surface area contributed by atoms with Crippen molar-refractivity contribution in [2.45, 2.75) is 39.5 Å². The highest BCUT2D eigenvalue weighted by atomic mass is 16.5. The molecular formula is C40H46N8O5. The summed E-state index contributed by atoms with van der Waals surface area (Å²) in [7, 11) is 3.24. The van der Waals surface area contributed by atoms with E-state index in [1.807, 2.05) is 71.6 Å². The number of fused-ring (bicyclic) bond motifs is 2. The summed E-state index contributed by atoms with van der Waals surface area (Å²) in [5.74, 6) is 2.32. The van der Waals surface area contributed by atoms with Gasteiger partial charge in [-0.25, -0.2) is 14.2 Å². The van der Waals surface area contributed by atoms with Gasteiger partial charge in [0.15, 0.2) is 0 Å². The number of carboxylic acid groups (broad SMARTS) is 1. The molecule has 4 heterocycles. The number of benzene rings is 4. The molecule has 53 heavy (non-hydrogen) atoms. The second kappa shape index (κ2) is 17.1. The molecule has 2 aliphatic heterocycles. The number of methoxy groups -OCH3 is 2. The number of amides is 1. The Morgan fingerprint density at radius 1 is 0.660 bits per heavy atom. The van der Waals surface area contributed by atoms with Crippen molar-refractivity contribution in [2.75, 3.05) is 40.4 Å². The fraction of sp³-hybridized carbons (Fsp3) is 0.350. The summed E-state index contributed by atoms with van der Waals surface area (Å²) in [5.41, 5.74) is 5.48. The number of carbonyl (C=O) groups excluding carboxylic acids is 1. The van der Waals surface area contributed by atoms with Crippen LogP contribution < -0.4 is 14.8 Å². The molecule has 0 aliphatic carbocycles. The molecule has 13 nitrogen and oxygen atoms in total. The Kier molecular flexibility index (Phi) is 11.9. The number of rotatable bonds is 6. The van der Waals surface area contributed by atoms with Gasteiger partial charge in [-0.15, -0.1) is 10.2 Å². The second-order valence-corrected chi connectivity index (χ2v) is 13.5. The number of aromatic carboxylic acids is 1. The fourth-order valence-electron chi connectivity index (χ4n) is 6.30. The summed E-state index contributed by atoms with van der Waals surface area (Å²) in [6, 6.07) is 25.4. The number of aromatic nitrogens is 6. The first-order valence-electron chi connectivity index (χ1n) is 18.0. The van der Waals surface area contributed by atoms with Crippen molar-refractivity contribution >= 4 is 33.9 Å². The summed E-state index contributed by atoms with van der Waals surface area (Å²) >= 11 is 0. The molecule has 0 unspecified atom stereocenters. The number of nitrogens with one attached hydrogen (secondary N) is 1. The van der Waals surface area contributed by atoms with E-state index in [4.69, 9.17) is 14.6 Å². The van der Waals surface area contributed by atoms with Crippen molar-refractivity contribution in [3.63, 3.8) is 0 Å². The van der Waals surface area contributed by atoms with E-state index < -0.39 is 5.97 Å². The lowest BCUT2D eigenvalue weighted by atomic mass is 9.98. The zero-order valence-electron chi connectivity index (χ0n) is 30.6. The predicted octanol–water partition coefficient (Wildman–Crippen LogP) is 6.43. The third-order valence-electron chi connectivity index (χ3n) is 9.72. The molecular weight excluding hydrogens is 672 g/mol. The van der Waals surface area contributed by atoms with E-state index >= 15 is 0 Å². The minimum absolute atomic E-state index is 0.0813. The Labute approximate surface area is 308 Å². The van der Waals surface area contributed by atoms with Gasteiger partial charge in [0.1, 0.15) is 22.5 Å². The third kappa shape index (κ3) is 8.98. The Hall–Kier alpha value is -5.82. The van der Waals surface area contributed by atoms with E-state index in [-0.39, 0.29) is 11.5 Å². The van der Waals surface area contributed by atoms with E-state index in [0.29, 0.717) is 17.0 Å². The van der Waals surface area contributed by atoms with Crippen LogP contribution >= 0.6 is 0 Å². The summed E-state index contributed by atoms with van der Waals surface area (Å²) in [6.07, 6.45) is 4.89. The predicted molar refractivity (Wildman–Crippen MR) is 203 cm³/mol. The highest BCUT2D eigenvalue weighted by Gasteiger charge is 2.22. The van der Waals surface area contributed by atoms with Gasteiger partial charge in [-0.1, -0.05) is 24.3 Å². The maximum absolute atomic E-state index is 12.8. The Bertz CT molecular complexity index is 2130. The van der Waals surface area contributed by atoms with Gasteiger partial charge in [-0.2, -0.15) is 0 Å². The molecule has 276 valence electrons. The summed E-state index contributed by atoms with van der Waals surface area (Å²) in [4.78, 5) is 25.6. The molecule has 0 bridgehead atoms. The standard InChI is InChI=1S/C20H22N4O2.C14H11N3O3.C6H13N/c1-14-9-11-23(12-10-14)20(25)15-3-8-19-18(13-15)21-22-24(19)16-4-6-17(26-2)7-5-16;1-20-11-5-3-10(4-6-11)17-13-7-2-9(14(18)19)8-12(13)15-16-17;1-6-2-4-7-5-3-6/h3-8,13-14H,9-12H2,1-2H3;2-8H,1H3,(H,18,19);6-7H,2-5H2,1H3.